The number of amides is 4. The lowest BCUT2D eigenvalue weighted by atomic mass is 10.0. The number of ether oxygens (including phenoxy) is 4. The third-order valence-corrected chi connectivity index (χ3v) is 13.7. The summed E-state index contributed by atoms with van der Waals surface area (Å²) < 4.78 is 93.1. The van der Waals surface area contributed by atoms with Gasteiger partial charge in [0.2, 0.25) is 27.7 Å². The van der Waals surface area contributed by atoms with Crippen LogP contribution in [0.2, 0.25) is 0 Å². The van der Waals surface area contributed by atoms with Crippen molar-refractivity contribution in [3.05, 3.63) is 42.4 Å². The number of rotatable bonds is 11. The van der Waals surface area contributed by atoms with Crippen LogP contribution in [0.3, 0.4) is 0 Å². The van der Waals surface area contributed by atoms with Crippen molar-refractivity contribution < 1.29 is 59.7 Å². The first-order chi connectivity index (χ1) is 27.7. The maximum absolute atomic E-state index is 15.1. The maximum atomic E-state index is 15.1. The molecule has 324 valence electrons. The summed E-state index contributed by atoms with van der Waals surface area (Å²) in [7, 11) is -4.10. The lowest BCUT2D eigenvalue weighted by molar-refractivity contribution is -0.145. The third-order valence-electron chi connectivity index (χ3n) is 11.5. The number of sulfonamides is 1. The molecule has 1 saturated heterocycles. The van der Waals surface area contributed by atoms with Gasteiger partial charge in [-0.15, -0.1) is 0 Å². The van der Waals surface area contributed by atoms with Crippen LogP contribution in [0, 0.1) is 11.7 Å². The van der Waals surface area contributed by atoms with Gasteiger partial charge in [0.15, 0.2) is 17.2 Å². The van der Waals surface area contributed by atoms with Gasteiger partial charge in [0, 0.05) is 23.9 Å². The van der Waals surface area contributed by atoms with E-state index in [1.807, 2.05) is 0 Å². The number of alkyl halides is 2. The first kappa shape index (κ1) is 43.9. The summed E-state index contributed by atoms with van der Waals surface area (Å²) in [6, 6.07) is 1.38. The molecule has 4 aliphatic rings. The Labute approximate surface area is 341 Å². The normalized spacial score (nSPS) is 28.9. The number of carbonyl (C=O) groups is 4. The minimum Gasteiger partial charge on any atom is -0.491 e. The molecule has 2 aliphatic heterocycles. The quantitative estimate of drug-likeness (QED) is 0.267. The van der Waals surface area contributed by atoms with Crippen LogP contribution in [0.1, 0.15) is 86.5 Å². The molecule has 4 amide bonds. The van der Waals surface area contributed by atoms with E-state index in [1.54, 1.807) is 39.0 Å². The van der Waals surface area contributed by atoms with Crippen LogP contribution in [-0.2, 0) is 33.9 Å². The van der Waals surface area contributed by atoms with Crippen molar-refractivity contribution in [1.29, 1.82) is 0 Å². The Kier molecular flexibility index (Phi) is 12.5. The number of hydrogen-bond acceptors (Lipinski definition) is 11. The standard InChI is InChI=1S/C40H52F3N5O10S/c1-7-29-31(45-37(52)58-38(4,5)35(42)43)34(50)48-21-25(57-33-26-19-27(41)30(55-8-2)17-23(26)13-16-44-33)18-28(48)32(49)46-40(20-24(40)12-10-9-11-22(3)56-29)36(51)47-59(53,54)39(6)14-15-39/h10,12-13,16-17,19,22,24-25,28-29,31,35H,7-9,11,14-15,18,20-21H2,1-6H3,(H,45,52)(H,46,49)(H,47,51)/b12-10-/t22-,24-,25-,28+,29+,31+,40-/m1/s1. The fraction of sp³-hybridized carbons (Fsp3) is 0.625. The number of carbonyl (C=O) groups excluding carboxylic acids is 4. The highest BCUT2D eigenvalue weighted by Gasteiger charge is 2.63. The van der Waals surface area contributed by atoms with Crippen molar-refractivity contribution in [2.45, 2.75) is 139 Å². The first-order valence-electron chi connectivity index (χ1n) is 19.9. The van der Waals surface area contributed by atoms with Gasteiger partial charge in [0.25, 0.3) is 12.3 Å². The van der Waals surface area contributed by atoms with Gasteiger partial charge in [-0.1, -0.05) is 19.1 Å². The Hall–Kier alpha value is -4.65. The number of fused-ring (bicyclic) bond motifs is 3. The number of halogens is 3. The topological polar surface area (TPSA) is 192 Å². The molecule has 7 atom stereocenters. The van der Waals surface area contributed by atoms with Crippen LogP contribution in [0.25, 0.3) is 10.8 Å². The molecule has 1 aromatic heterocycles. The Balaban J connectivity index is 1.37. The summed E-state index contributed by atoms with van der Waals surface area (Å²) in [5.74, 6) is -3.83. The number of alkyl carbamates (subject to hydrolysis) is 1. The molecule has 6 rings (SSSR count). The van der Waals surface area contributed by atoms with E-state index in [2.05, 4.69) is 20.3 Å². The van der Waals surface area contributed by atoms with E-state index in [0.717, 1.165) is 18.7 Å². The highest BCUT2D eigenvalue weighted by Crippen LogP contribution is 2.47. The highest BCUT2D eigenvalue weighted by molar-refractivity contribution is 7.91. The summed E-state index contributed by atoms with van der Waals surface area (Å²) in [6.07, 6.45) is -0.253. The molecule has 1 aromatic carbocycles. The second kappa shape index (κ2) is 16.8. The Bertz CT molecular complexity index is 2100. The molecule has 59 heavy (non-hydrogen) atoms. The van der Waals surface area contributed by atoms with E-state index in [4.69, 9.17) is 18.9 Å². The number of benzene rings is 1. The zero-order valence-electron chi connectivity index (χ0n) is 33.9. The minimum atomic E-state index is -4.10. The van der Waals surface area contributed by atoms with Crippen molar-refractivity contribution >= 4 is 44.6 Å². The van der Waals surface area contributed by atoms with Gasteiger partial charge in [-0.05, 0) is 96.7 Å². The lowest BCUT2D eigenvalue weighted by Crippen LogP contribution is -2.61. The van der Waals surface area contributed by atoms with Gasteiger partial charge >= 0.3 is 6.09 Å². The van der Waals surface area contributed by atoms with Gasteiger partial charge < -0.3 is 34.5 Å². The molecule has 0 unspecified atom stereocenters. The number of allylic oxidation sites excluding steroid dienone is 1. The summed E-state index contributed by atoms with van der Waals surface area (Å²) in [4.78, 5) is 61.9. The number of pyridine rings is 1. The zero-order valence-corrected chi connectivity index (χ0v) is 34.7. The van der Waals surface area contributed by atoms with Crippen LogP contribution in [0.5, 0.6) is 11.6 Å². The Morgan fingerprint density at radius 2 is 1.92 bits per heavy atom. The van der Waals surface area contributed by atoms with Crippen molar-refractivity contribution in [3.63, 3.8) is 0 Å². The molecular formula is C40H52F3N5O10S. The van der Waals surface area contributed by atoms with Crippen LogP contribution in [0.15, 0.2) is 36.5 Å². The van der Waals surface area contributed by atoms with Crippen molar-refractivity contribution in [2.24, 2.45) is 5.92 Å². The molecule has 15 nitrogen and oxygen atoms in total. The Morgan fingerprint density at radius 3 is 2.58 bits per heavy atom. The molecule has 0 spiro atoms. The monoisotopic (exact) mass is 851 g/mol. The molecular weight excluding hydrogens is 800 g/mol. The molecule has 3 heterocycles. The predicted octanol–water partition coefficient (Wildman–Crippen LogP) is 4.67. The van der Waals surface area contributed by atoms with E-state index in [1.165, 1.54) is 25.3 Å². The van der Waals surface area contributed by atoms with Gasteiger partial charge in [-0.2, -0.15) is 0 Å². The van der Waals surface area contributed by atoms with Crippen molar-refractivity contribution in [2.75, 3.05) is 13.2 Å². The second-order valence-electron chi connectivity index (χ2n) is 16.5. The lowest BCUT2D eigenvalue weighted by Gasteiger charge is -2.34. The fourth-order valence-corrected chi connectivity index (χ4v) is 8.72. The van der Waals surface area contributed by atoms with E-state index in [-0.39, 0.29) is 49.4 Å². The molecule has 2 saturated carbocycles. The van der Waals surface area contributed by atoms with Gasteiger partial charge in [0.1, 0.15) is 23.7 Å². The largest absolute Gasteiger partial charge is 0.491 e. The van der Waals surface area contributed by atoms with E-state index < -0.39 is 98.3 Å². The number of nitrogens with zero attached hydrogens (tertiary/aromatic N) is 2. The van der Waals surface area contributed by atoms with Crippen LogP contribution >= 0.6 is 0 Å². The molecule has 0 radical (unpaired) electrons. The van der Waals surface area contributed by atoms with Crippen molar-refractivity contribution in [3.8, 4) is 11.6 Å². The van der Waals surface area contributed by atoms with Gasteiger partial charge in [-0.3, -0.25) is 19.1 Å². The van der Waals surface area contributed by atoms with Gasteiger partial charge in [-0.25, -0.2) is 31.4 Å². The minimum absolute atomic E-state index is 0.0110. The summed E-state index contributed by atoms with van der Waals surface area (Å²) >= 11 is 0. The summed E-state index contributed by atoms with van der Waals surface area (Å²) in [5, 5.41) is 6.01. The predicted molar refractivity (Wildman–Crippen MR) is 208 cm³/mol. The fourth-order valence-electron chi connectivity index (χ4n) is 7.41. The number of nitrogens with one attached hydrogen (secondary N) is 3. The average Bonchev–Trinajstić information content (AvgIpc) is 4.05. The molecule has 2 aromatic rings. The van der Waals surface area contributed by atoms with Crippen molar-refractivity contribution in [1.82, 2.24) is 25.2 Å². The summed E-state index contributed by atoms with van der Waals surface area (Å²) in [5.41, 5.74) is -3.90. The highest BCUT2D eigenvalue weighted by atomic mass is 32.2. The SMILES string of the molecule is CCOc1cc2ccnc(O[C@@H]3C[C@H]4C(=O)N[C@]5(C(=O)NS(=O)(=O)C6(C)CC6)C[C@H]5/C=C\CC[C@@H](C)O[C@@H](CC)[C@H](NC(=O)OC(C)(C)C(F)F)C(=O)N4C3)c2cc1F. The number of aromatic nitrogens is 1. The summed E-state index contributed by atoms with van der Waals surface area (Å²) in [6.45, 7) is 8.67. The van der Waals surface area contributed by atoms with Gasteiger partial charge in [0.05, 0.1) is 30.1 Å². The molecule has 3 fully saturated rings. The average molecular weight is 852 g/mol. The Morgan fingerprint density at radius 1 is 1.19 bits per heavy atom. The second-order valence-corrected chi connectivity index (χ2v) is 18.7. The van der Waals surface area contributed by atoms with E-state index in [0.29, 0.717) is 31.1 Å². The maximum Gasteiger partial charge on any atom is 0.408 e. The molecule has 19 heteroatoms. The van der Waals surface area contributed by atoms with Crippen LogP contribution in [0.4, 0.5) is 18.0 Å². The number of hydrogen-bond donors (Lipinski definition) is 3. The molecule has 3 N–H and O–H groups in total. The zero-order chi connectivity index (χ0) is 43.1. The first-order valence-corrected chi connectivity index (χ1v) is 21.4. The third kappa shape index (κ3) is 9.25. The molecule has 0 bridgehead atoms. The van der Waals surface area contributed by atoms with E-state index in [9.17, 15) is 36.4 Å². The molecule has 2 aliphatic carbocycles. The van der Waals surface area contributed by atoms with E-state index >= 15 is 4.39 Å². The van der Waals surface area contributed by atoms with Crippen LogP contribution in [-0.4, -0.2) is 108 Å². The smallest absolute Gasteiger partial charge is 0.408 e. The van der Waals surface area contributed by atoms with Crippen LogP contribution < -0.4 is 24.8 Å².